The standard InChI is InChI=1S/C21H27ClN4O2/c1-27-13-8-20-23-19-7-15-28-14-6-18(19)21(24-20)26-11-9-25(10-12-26)17-4-2-16(22)3-5-17/h2-5H,6-15H2,1H3. The van der Waals surface area contributed by atoms with Crippen LogP contribution in [-0.2, 0) is 28.7 Å². The quantitative estimate of drug-likeness (QED) is 0.766. The van der Waals surface area contributed by atoms with Gasteiger partial charge in [-0.2, -0.15) is 0 Å². The van der Waals surface area contributed by atoms with Crippen LogP contribution in [0.5, 0.6) is 0 Å². The summed E-state index contributed by atoms with van der Waals surface area (Å²) in [6.07, 6.45) is 2.48. The van der Waals surface area contributed by atoms with Crippen LogP contribution in [0.2, 0.25) is 5.02 Å². The number of methoxy groups -OCH3 is 1. The Morgan fingerprint density at radius 3 is 2.46 bits per heavy atom. The molecule has 1 saturated heterocycles. The first-order chi connectivity index (χ1) is 13.7. The van der Waals surface area contributed by atoms with Crippen LogP contribution in [0.3, 0.4) is 0 Å². The first-order valence-electron chi connectivity index (χ1n) is 9.95. The number of rotatable bonds is 5. The van der Waals surface area contributed by atoms with Crippen LogP contribution in [0.1, 0.15) is 17.1 Å². The smallest absolute Gasteiger partial charge is 0.135 e. The average Bonchev–Trinajstić information content (AvgIpc) is 2.98. The van der Waals surface area contributed by atoms with Crippen molar-refractivity contribution in [3.05, 3.63) is 46.4 Å². The third kappa shape index (κ3) is 4.40. The zero-order valence-corrected chi connectivity index (χ0v) is 17.1. The summed E-state index contributed by atoms with van der Waals surface area (Å²) in [5, 5.41) is 0.775. The first-order valence-corrected chi connectivity index (χ1v) is 10.3. The van der Waals surface area contributed by atoms with E-state index in [0.29, 0.717) is 6.61 Å². The lowest BCUT2D eigenvalue weighted by Gasteiger charge is -2.37. The summed E-state index contributed by atoms with van der Waals surface area (Å²) in [4.78, 5) is 14.6. The lowest BCUT2D eigenvalue weighted by Crippen LogP contribution is -2.47. The van der Waals surface area contributed by atoms with Gasteiger partial charge in [0.05, 0.1) is 25.5 Å². The highest BCUT2D eigenvalue weighted by molar-refractivity contribution is 6.30. The van der Waals surface area contributed by atoms with Gasteiger partial charge < -0.3 is 19.3 Å². The molecule has 7 heteroatoms. The van der Waals surface area contributed by atoms with Gasteiger partial charge in [0.25, 0.3) is 0 Å². The molecular weight excluding hydrogens is 376 g/mol. The normalized spacial score (nSPS) is 17.4. The maximum absolute atomic E-state index is 6.03. The molecule has 0 bridgehead atoms. The number of halogens is 1. The second kappa shape index (κ2) is 9.07. The van der Waals surface area contributed by atoms with Crippen molar-refractivity contribution in [2.75, 3.05) is 62.9 Å². The van der Waals surface area contributed by atoms with Gasteiger partial charge in [-0.1, -0.05) is 11.6 Å². The monoisotopic (exact) mass is 402 g/mol. The minimum atomic E-state index is 0.638. The van der Waals surface area contributed by atoms with Crippen molar-refractivity contribution in [1.82, 2.24) is 9.97 Å². The number of anilines is 2. The van der Waals surface area contributed by atoms with Gasteiger partial charge in [0.1, 0.15) is 11.6 Å². The molecule has 4 rings (SSSR count). The largest absolute Gasteiger partial charge is 0.384 e. The van der Waals surface area contributed by atoms with E-state index in [1.807, 2.05) is 12.1 Å². The van der Waals surface area contributed by atoms with Crippen molar-refractivity contribution in [3.63, 3.8) is 0 Å². The van der Waals surface area contributed by atoms with Gasteiger partial charge in [0.2, 0.25) is 0 Å². The van der Waals surface area contributed by atoms with E-state index < -0.39 is 0 Å². The Morgan fingerprint density at radius 1 is 1.00 bits per heavy atom. The Labute approximate surface area is 171 Å². The Hall–Kier alpha value is -1.89. The molecule has 1 aromatic heterocycles. The second-order valence-corrected chi connectivity index (χ2v) is 7.63. The van der Waals surface area contributed by atoms with Gasteiger partial charge in [-0.25, -0.2) is 9.97 Å². The predicted molar refractivity (Wildman–Crippen MR) is 112 cm³/mol. The number of ether oxygens (including phenoxy) is 2. The molecule has 2 aliphatic rings. The van der Waals surface area contributed by atoms with Crippen LogP contribution in [0, 0.1) is 0 Å². The highest BCUT2D eigenvalue weighted by Gasteiger charge is 2.24. The van der Waals surface area contributed by atoms with Crippen molar-refractivity contribution in [2.45, 2.75) is 19.3 Å². The molecule has 1 fully saturated rings. The Kier molecular flexibility index (Phi) is 6.29. The fraction of sp³-hybridized carbons (Fsp3) is 0.524. The number of benzene rings is 1. The minimum absolute atomic E-state index is 0.638. The molecule has 0 unspecified atom stereocenters. The van der Waals surface area contributed by atoms with E-state index in [1.165, 1.54) is 11.3 Å². The van der Waals surface area contributed by atoms with Gasteiger partial charge in [-0.3, -0.25) is 0 Å². The molecule has 28 heavy (non-hydrogen) atoms. The van der Waals surface area contributed by atoms with E-state index in [2.05, 4.69) is 21.9 Å². The predicted octanol–water partition coefficient (Wildman–Crippen LogP) is 2.76. The summed E-state index contributed by atoms with van der Waals surface area (Å²) in [5.74, 6) is 1.97. The van der Waals surface area contributed by atoms with Crippen molar-refractivity contribution < 1.29 is 9.47 Å². The topological polar surface area (TPSA) is 50.7 Å². The van der Waals surface area contributed by atoms with Crippen LogP contribution >= 0.6 is 11.6 Å². The second-order valence-electron chi connectivity index (χ2n) is 7.19. The molecule has 150 valence electrons. The fourth-order valence-corrected chi connectivity index (χ4v) is 4.00. The maximum atomic E-state index is 6.03. The van der Waals surface area contributed by atoms with E-state index in [4.69, 9.17) is 31.0 Å². The number of nitrogens with zero attached hydrogens (tertiary/aromatic N) is 4. The summed E-state index contributed by atoms with van der Waals surface area (Å²) in [5.41, 5.74) is 3.63. The summed E-state index contributed by atoms with van der Waals surface area (Å²) >= 11 is 6.03. The zero-order chi connectivity index (χ0) is 19.3. The lowest BCUT2D eigenvalue weighted by atomic mass is 10.1. The summed E-state index contributed by atoms with van der Waals surface area (Å²) in [6, 6.07) is 8.09. The average molecular weight is 403 g/mol. The van der Waals surface area contributed by atoms with E-state index >= 15 is 0 Å². The number of aromatic nitrogens is 2. The SMILES string of the molecule is COCCc1nc2c(c(N3CCN(c4ccc(Cl)cc4)CC3)n1)CCOCC2. The number of hydrogen-bond acceptors (Lipinski definition) is 6. The van der Waals surface area contributed by atoms with Crippen LogP contribution in [0.4, 0.5) is 11.5 Å². The molecule has 1 aromatic carbocycles. The van der Waals surface area contributed by atoms with E-state index in [1.54, 1.807) is 7.11 Å². The number of hydrogen-bond donors (Lipinski definition) is 0. The van der Waals surface area contributed by atoms with E-state index in [9.17, 15) is 0 Å². The Balaban J connectivity index is 1.54. The molecule has 0 spiro atoms. The molecule has 0 atom stereocenters. The van der Waals surface area contributed by atoms with Gasteiger partial charge in [0.15, 0.2) is 0 Å². The zero-order valence-electron chi connectivity index (χ0n) is 16.4. The van der Waals surface area contributed by atoms with Crippen LogP contribution in [-0.4, -0.2) is 63.1 Å². The molecule has 2 aromatic rings. The molecule has 0 N–H and O–H groups in total. The van der Waals surface area contributed by atoms with Gasteiger partial charge in [-0.15, -0.1) is 0 Å². The van der Waals surface area contributed by atoms with Crippen molar-refractivity contribution >= 4 is 23.1 Å². The third-order valence-electron chi connectivity index (χ3n) is 5.40. The molecule has 0 amide bonds. The Morgan fingerprint density at radius 2 is 1.71 bits per heavy atom. The van der Waals surface area contributed by atoms with Gasteiger partial charge in [-0.05, 0) is 24.3 Å². The maximum Gasteiger partial charge on any atom is 0.135 e. The lowest BCUT2D eigenvalue weighted by molar-refractivity contribution is 0.146. The summed E-state index contributed by atoms with van der Waals surface area (Å²) < 4.78 is 10.9. The first kappa shape index (κ1) is 19.4. The van der Waals surface area contributed by atoms with Crippen LogP contribution in [0.15, 0.2) is 24.3 Å². The van der Waals surface area contributed by atoms with E-state index in [0.717, 1.165) is 81.0 Å². The minimum Gasteiger partial charge on any atom is -0.384 e. The Bertz CT molecular complexity index is 792. The third-order valence-corrected chi connectivity index (χ3v) is 5.65. The molecule has 3 heterocycles. The molecule has 0 radical (unpaired) electrons. The highest BCUT2D eigenvalue weighted by Crippen LogP contribution is 2.27. The molecule has 6 nitrogen and oxygen atoms in total. The van der Waals surface area contributed by atoms with Crippen molar-refractivity contribution in [2.24, 2.45) is 0 Å². The summed E-state index contributed by atoms with van der Waals surface area (Å²) in [7, 11) is 1.72. The fourth-order valence-electron chi connectivity index (χ4n) is 3.87. The number of piperazine rings is 1. The van der Waals surface area contributed by atoms with Gasteiger partial charge >= 0.3 is 0 Å². The molecule has 0 aliphatic carbocycles. The van der Waals surface area contributed by atoms with Crippen LogP contribution < -0.4 is 9.80 Å². The van der Waals surface area contributed by atoms with Crippen LogP contribution in [0.25, 0.3) is 0 Å². The van der Waals surface area contributed by atoms with E-state index in [-0.39, 0.29) is 0 Å². The van der Waals surface area contributed by atoms with Crippen molar-refractivity contribution in [3.8, 4) is 0 Å². The number of fused-ring (bicyclic) bond motifs is 1. The molecule has 2 aliphatic heterocycles. The molecule has 0 saturated carbocycles. The van der Waals surface area contributed by atoms with Crippen molar-refractivity contribution in [1.29, 1.82) is 0 Å². The highest BCUT2D eigenvalue weighted by atomic mass is 35.5. The molecular formula is C21H27ClN4O2. The van der Waals surface area contributed by atoms with Gasteiger partial charge in [0, 0.05) is 68.8 Å². The summed E-state index contributed by atoms with van der Waals surface area (Å²) in [6.45, 7) is 5.92.